The Morgan fingerprint density at radius 3 is 2.79 bits per heavy atom. The number of hydrogen-bond acceptors (Lipinski definition) is 4. The number of ether oxygens (including phenoxy) is 1. The highest BCUT2D eigenvalue weighted by molar-refractivity contribution is 5.90. The fourth-order valence-corrected chi connectivity index (χ4v) is 5.78. The van der Waals surface area contributed by atoms with E-state index >= 15 is 0 Å². The second-order valence-corrected chi connectivity index (χ2v) is 9.11. The summed E-state index contributed by atoms with van der Waals surface area (Å²) in [6, 6.07) is 10.6. The zero-order valence-corrected chi connectivity index (χ0v) is 17.5. The molecule has 0 unspecified atom stereocenters. The van der Waals surface area contributed by atoms with Crippen molar-refractivity contribution in [3.8, 4) is 5.75 Å². The molecule has 0 aliphatic carbocycles. The first-order chi connectivity index (χ1) is 14.0. The molecule has 3 atom stereocenters. The van der Waals surface area contributed by atoms with Gasteiger partial charge in [-0.05, 0) is 55.5 Å². The Labute approximate surface area is 172 Å². The van der Waals surface area contributed by atoms with Gasteiger partial charge >= 0.3 is 0 Å². The van der Waals surface area contributed by atoms with Crippen molar-refractivity contribution in [1.29, 1.82) is 0 Å². The molecule has 0 saturated carbocycles. The van der Waals surface area contributed by atoms with Crippen LogP contribution in [-0.4, -0.2) is 51.6 Å². The molecule has 5 rings (SSSR count). The van der Waals surface area contributed by atoms with Gasteiger partial charge in [0.1, 0.15) is 11.3 Å². The molecule has 3 aliphatic rings. The number of aromatic amines is 1. The quantitative estimate of drug-likeness (QED) is 0.843. The average Bonchev–Trinajstić information content (AvgIpc) is 3.46. The number of nitrogens with one attached hydrogen (secondary N) is 1. The van der Waals surface area contributed by atoms with Gasteiger partial charge in [-0.25, -0.2) is 0 Å². The molecule has 4 heterocycles. The third-order valence-electron chi connectivity index (χ3n) is 7.23. The van der Waals surface area contributed by atoms with E-state index in [1.807, 2.05) is 12.1 Å². The first kappa shape index (κ1) is 18.7. The highest BCUT2D eigenvalue weighted by Crippen LogP contribution is 2.56. The maximum Gasteiger partial charge on any atom is 0.243 e. The molecule has 2 aromatic rings. The summed E-state index contributed by atoms with van der Waals surface area (Å²) in [4.78, 5) is 18.2. The van der Waals surface area contributed by atoms with Crippen molar-refractivity contribution in [3.63, 3.8) is 0 Å². The first-order valence-corrected chi connectivity index (χ1v) is 10.8. The molecule has 154 valence electrons. The van der Waals surface area contributed by atoms with Crippen LogP contribution < -0.4 is 4.74 Å². The van der Waals surface area contributed by atoms with E-state index in [9.17, 15) is 4.79 Å². The van der Waals surface area contributed by atoms with Gasteiger partial charge in [0.25, 0.3) is 0 Å². The van der Waals surface area contributed by atoms with Crippen LogP contribution in [0.2, 0.25) is 0 Å². The van der Waals surface area contributed by atoms with Gasteiger partial charge < -0.3 is 9.64 Å². The lowest BCUT2D eigenvalue weighted by Crippen LogP contribution is -2.49. The monoisotopic (exact) mass is 394 g/mol. The van der Waals surface area contributed by atoms with Gasteiger partial charge in [-0.1, -0.05) is 26.0 Å². The normalized spacial score (nSPS) is 29.0. The standard InChI is InChI=1S/C23H30N4O2/c1-15(2)19-12-20(25-24-19)21-11-17-14-26(13-16-5-7-18(29-3)8-6-16)22(28)23(17)9-4-10-27(21)23/h5-8,12,15,17,21H,4,9-11,13-14H2,1-3H3,(H,24,25)/t17-,21-,23-/m0/s1. The minimum absolute atomic E-state index is 0.287. The molecular formula is C23H30N4O2. The number of aromatic nitrogens is 2. The van der Waals surface area contributed by atoms with Crippen molar-refractivity contribution in [1.82, 2.24) is 20.0 Å². The lowest BCUT2D eigenvalue weighted by molar-refractivity contribution is -0.137. The summed E-state index contributed by atoms with van der Waals surface area (Å²) in [6.45, 7) is 6.87. The van der Waals surface area contributed by atoms with Gasteiger partial charge in [-0.3, -0.25) is 14.8 Å². The summed E-state index contributed by atoms with van der Waals surface area (Å²) < 4.78 is 5.25. The molecular weight excluding hydrogens is 364 g/mol. The number of carbonyl (C=O) groups is 1. The maximum atomic E-state index is 13.6. The summed E-state index contributed by atoms with van der Waals surface area (Å²) in [7, 11) is 1.67. The van der Waals surface area contributed by atoms with Crippen LogP contribution in [0.4, 0.5) is 0 Å². The molecule has 3 saturated heterocycles. The zero-order chi connectivity index (χ0) is 20.2. The molecule has 0 radical (unpaired) electrons. The Bertz CT molecular complexity index is 906. The largest absolute Gasteiger partial charge is 0.497 e. The number of H-pyrrole nitrogens is 1. The van der Waals surface area contributed by atoms with Crippen LogP contribution >= 0.6 is 0 Å². The molecule has 29 heavy (non-hydrogen) atoms. The van der Waals surface area contributed by atoms with Gasteiger partial charge in [0.15, 0.2) is 0 Å². The van der Waals surface area contributed by atoms with Gasteiger partial charge in [0.2, 0.25) is 5.91 Å². The summed E-state index contributed by atoms with van der Waals surface area (Å²) >= 11 is 0. The predicted octanol–water partition coefficient (Wildman–Crippen LogP) is 3.48. The van der Waals surface area contributed by atoms with E-state index in [1.54, 1.807) is 7.11 Å². The van der Waals surface area contributed by atoms with Crippen molar-refractivity contribution >= 4 is 5.91 Å². The number of methoxy groups -OCH3 is 1. The number of hydrogen-bond donors (Lipinski definition) is 1. The van der Waals surface area contributed by atoms with Crippen molar-refractivity contribution in [2.45, 2.75) is 57.2 Å². The van der Waals surface area contributed by atoms with Crippen LogP contribution in [0.3, 0.4) is 0 Å². The lowest BCUT2D eigenvalue weighted by atomic mass is 9.85. The minimum atomic E-state index is -0.305. The Balaban J connectivity index is 1.37. The van der Waals surface area contributed by atoms with Crippen LogP contribution in [0.1, 0.15) is 62.0 Å². The van der Waals surface area contributed by atoms with Crippen LogP contribution in [0.25, 0.3) is 0 Å². The van der Waals surface area contributed by atoms with Gasteiger partial charge in [-0.15, -0.1) is 0 Å². The van der Waals surface area contributed by atoms with Crippen LogP contribution in [0, 0.1) is 5.92 Å². The molecule has 3 aliphatic heterocycles. The third-order valence-corrected chi connectivity index (χ3v) is 7.23. The van der Waals surface area contributed by atoms with E-state index in [0.717, 1.165) is 49.4 Å². The van der Waals surface area contributed by atoms with Gasteiger partial charge in [0.05, 0.1) is 24.5 Å². The minimum Gasteiger partial charge on any atom is -0.497 e. The summed E-state index contributed by atoms with van der Waals surface area (Å²) in [5, 5.41) is 7.79. The van der Waals surface area contributed by atoms with E-state index in [-0.39, 0.29) is 11.6 Å². The van der Waals surface area contributed by atoms with E-state index in [1.165, 1.54) is 5.69 Å². The highest BCUT2D eigenvalue weighted by Gasteiger charge is 2.65. The Morgan fingerprint density at radius 1 is 1.31 bits per heavy atom. The summed E-state index contributed by atoms with van der Waals surface area (Å²) in [5.74, 6) is 1.98. The Kier molecular flexibility index (Phi) is 4.42. The zero-order valence-electron chi connectivity index (χ0n) is 17.5. The fourth-order valence-electron chi connectivity index (χ4n) is 5.78. The third kappa shape index (κ3) is 2.80. The van der Waals surface area contributed by atoms with Crippen LogP contribution in [0.15, 0.2) is 30.3 Å². The number of amides is 1. The molecule has 6 nitrogen and oxygen atoms in total. The molecule has 6 heteroatoms. The molecule has 1 N–H and O–H groups in total. The predicted molar refractivity (Wildman–Crippen MR) is 111 cm³/mol. The maximum absolute atomic E-state index is 13.6. The Hall–Kier alpha value is -2.34. The second kappa shape index (κ2) is 6.87. The van der Waals surface area contributed by atoms with Crippen molar-refractivity contribution in [3.05, 3.63) is 47.3 Å². The van der Waals surface area contributed by atoms with Crippen molar-refractivity contribution in [2.75, 3.05) is 20.2 Å². The fraction of sp³-hybridized carbons (Fsp3) is 0.565. The molecule has 3 fully saturated rings. The SMILES string of the molecule is COc1ccc(CN2C[C@@H]3C[C@@H](c4cc(C(C)C)n[nH]4)N4CCC[C@@]34C2=O)cc1. The number of carbonyl (C=O) groups excluding carboxylic acids is 1. The topological polar surface area (TPSA) is 61.5 Å². The number of nitrogens with zero attached hydrogens (tertiary/aromatic N) is 3. The lowest BCUT2D eigenvalue weighted by Gasteiger charge is -2.33. The van der Waals surface area contributed by atoms with Crippen LogP contribution in [0.5, 0.6) is 5.75 Å². The molecule has 0 bridgehead atoms. The van der Waals surface area contributed by atoms with Crippen LogP contribution in [-0.2, 0) is 11.3 Å². The van der Waals surface area contributed by atoms with Gasteiger partial charge in [0, 0.05) is 19.0 Å². The number of likely N-dealkylation sites (tertiary alicyclic amines) is 1. The average molecular weight is 395 g/mol. The highest BCUT2D eigenvalue weighted by atomic mass is 16.5. The number of rotatable bonds is 5. The molecule has 1 aromatic carbocycles. The molecule has 1 spiro atoms. The van der Waals surface area contributed by atoms with E-state index in [0.29, 0.717) is 24.3 Å². The molecule has 1 aromatic heterocycles. The molecule has 1 amide bonds. The summed E-state index contributed by atoms with van der Waals surface area (Å²) in [6.07, 6.45) is 3.11. The summed E-state index contributed by atoms with van der Waals surface area (Å²) in [5.41, 5.74) is 3.14. The smallest absolute Gasteiger partial charge is 0.243 e. The van der Waals surface area contributed by atoms with Crippen molar-refractivity contribution in [2.24, 2.45) is 5.92 Å². The van der Waals surface area contributed by atoms with E-state index in [4.69, 9.17) is 4.74 Å². The Morgan fingerprint density at radius 2 is 2.10 bits per heavy atom. The van der Waals surface area contributed by atoms with Gasteiger partial charge in [-0.2, -0.15) is 5.10 Å². The van der Waals surface area contributed by atoms with Crippen molar-refractivity contribution < 1.29 is 9.53 Å². The second-order valence-electron chi connectivity index (χ2n) is 9.11. The van der Waals surface area contributed by atoms with E-state index in [2.05, 4.69) is 52.0 Å². The number of benzene rings is 1. The van der Waals surface area contributed by atoms with E-state index < -0.39 is 0 Å². The first-order valence-electron chi connectivity index (χ1n) is 10.8.